The molecule has 3 aromatic rings. The minimum Gasteiger partial charge on any atom is -0.480 e. The smallest absolute Gasteiger partial charge is 0.407 e. The molecule has 170 valence electrons. The van der Waals surface area contributed by atoms with E-state index in [2.05, 4.69) is 20.6 Å². The maximum Gasteiger partial charge on any atom is 0.407 e. The molecule has 2 aromatic carbocycles. The van der Waals surface area contributed by atoms with Crippen molar-refractivity contribution in [2.24, 2.45) is 0 Å². The number of imidazole rings is 1. The summed E-state index contributed by atoms with van der Waals surface area (Å²) in [5.74, 6) is -1.92. The van der Waals surface area contributed by atoms with Crippen LogP contribution in [0.15, 0.2) is 61.1 Å². The Morgan fingerprint density at radius 2 is 1.70 bits per heavy atom. The molecule has 4 rings (SSSR count). The Morgan fingerprint density at radius 1 is 1.06 bits per heavy atom. The number of aromatic amines is 1. The van der Waals surface area contributed by atoms with Gasteiger partial charge < -0.3 is 25.5 Å². The van der Waals surface area contributed by atoms with E-state index in [4.69, 9.17) is 4.74 Å². The maximum atomic E-state index is 12.4. The normalized spacial score (nSPS) is 14.0. The number of nitrogens with zero attached hydrogens (tertiary/aromatic N) is 1. The number of benzene rings is 2. The summed E-state index contributed by atoms with van der Waals surface area (Å²) in [5, 5.41) is 14.3. The van der Waals surface area contributed by atoms with Crippen molar-refractivity contribution in [2.75, 3.05) is 6.61 Å². The van der Waals surface area contributed by atoms with Crippen LogP contribution in [0.1, 0.15) is 29.7 Å². The Kier molecular flexibility index (Phi) is 6.39. The van der Waals surface area contributed by atoms with E-state index in [1.54, 1.807) is 0 Å². The molecule has 9 heteroatoms. The molecule has 0 fully saturated rings. The first-order chi connectivity index (χ1) is 15.9. The predicted molar refractivity (Wildman–Crippen MR) is 120 cm³/mol. The molecular weight excluding hydrogens is 424 g/mol. The molecule has 0 saturated heterocycles. The largest absolute Gasteiger partial charge is 0.480 e. The van der Waals surface area contributed by atoms with E-state index in [0.717, 1.165) is 22.3 Å². The maximum absolute atomic E-state index is 12.4. The van der Waals surface area contributed by atoms with Gasteiger partial charge in [0.1, 0.15) is 18.7 Å². The predicted octanol–water partition coefficient (Wildman–Crippen LogP) is 2.45. The Hall–Kier alpha value is -4.14. The van der Waals surface area contributed by atoms with E-state index in [9.17, 15) is 19.5 Å². The topological polar surface area (TPSA) is 133 Å². The molecule has 2 amide bonds. The van der Waals surface area contributed by atoms with Gasteiger partial charge in [0.2, 0.25) is 5.91 Å². The monoisotopic (exact) mass is 448 g/mol. The molecule has 1 aliphatic carbocycles. The number of carboxylic acid groups (broad SMARTS) is 1. The number of fused-ring (bicyclic) bond motifs is 3. The molecule has 33 heavy (non-hydrogen) atoms. The third kappa shape index (κ3) is 4.87. The van der Waals surface area contributed by atoms with Crippen LogP contribution >= 0.6 is 0 Å². The lowest BCUT2D eigenvalue weighted by Crippen LogP contribution is -2.51. The molecule has 0 radical (unpaired) electrons. The first kappa shape index (κ1) is 22.1. The molecule has 0 bridgehead atoms. The van der Waals surface area contributed by atoms with Crippen molar-refractivity contribution >= 4 is 18.0 Å². The highest BCUT2D eigenvalue weighted by Gasteiger charge is 2.30. The van der Waals surface area contributed by atoms with Gasteiger partial charge in [0.15, 0.2) is 0 Å². The number of hydrogen-bond donors (Lipinski definition) is 4. The van der Waals surface area contributed by atoms with Gasteiger partial charge in [0.05, 0.1) is 6.33 Å². The Labute approximate surface area is 190 Å². The molecule has 1 aromatic heterocycles. The van der Waals surface area contributed by atoms with Crippen molar-refractivity contribution in [1.29, 1.82) is 0 Å². The summed E-state index contributed by atoms with van der Waals surface area (Å²) in [6, 6.07) is 13.8. The van der Waals surface area contributed by atoms with E-state index in [1.807, 2.05) is 48.5 Å². The molecule has 1 unspecified atom stereocenters. The summed E-state index contributed by atoms with van der Waals surface area (Å²) >= 11 is 0. The molecular formula is C24H24N4O5. The zero-order valence-corrected chi connectivity index (χ0v) is 17.9. The van der Waals surface area contributed by atoms with Crippen molar-refractivity contribution in [1.82, 2.24) is 20.6 Å². The Morgan fingerprint density at radius 3 is 2.27 bits per heavy atom. The van der Waals surface area contributed by atoms with E-state index in [0.29, 0.717) is 5.69 Å². The summed E-state index contributed by atoms with van der Waals surface area (Å²) < 4.78 is 5.44. The second-order valence-corrected chi connectivity index (χ2v) is 7.87. The molecule has 0 aliphatic heterocycles. The number of aromatic nitrogens is 2. The van der Waals surface area contributed by atoms with Crippen LogP contribution in [-0.4, -0.2) is 51.7 Å². The molecule has 0 saturated carbocycles. The van der Waals surface area contributed by atoms with Crippen LogP contribution < -0.4 is 10.6 Å². The average Bonchev–Trinajstić information content (AvgIpc) is 3.43. The zero-order valence-electron chi connectivity index (χ0n) is 17.9. The number of carbonyl (C=O) groups excluding carboxylic acids is 2. The molecule has 0 spiro atoms. The van der Waals surface area contributed by atoms with Crippen LogP contribution in [0.5, 0.6) is 0 Å². The van der Waals surface area contributed by atoms with Crippen LogP contribution in [-0.2, 0) is 20.7 Å². The van der Waals surface area contributed by atoms with Gasteiger partial charge in [-0.3, -0.25) is 4.79 Å². The lowest BCUT2D eigenvalue weighted by Gasteiger charge is -2.19. The number of carboxylic acids is 1. The third-order valence-corrected chi connectivity index (χ3v) is 5.66. The lowest BCUT2D eigenvalue weighted by molar-refractivity contribution is -0.142. The van der Waals surface area contributed by atoms with Gasteiger partial charge >= 0.3 is 12.1 Å². The number of carbonyl (C=O) groups is 3. The standard InChI is InChI=1S/C24H24N4O5/c1-14(22(29)28-21(23(30)31)10-15-11-25-13-26-15)27-24(32)33-12-20-18-8-4-2-6-16(18)17-7-3-5-9-19(17)20/h2-9,11,13-14,20-21H,10,12H2,1H3,(H,25,26)(H,27,32)(H,28,29)(H,30,31)/t14?,21-/m0/s1. The lowest BCUT2D eigenvalue weighted by atomic mass is 9.98. The Balaban J connectivity index is 1.33. The van der Waals surface area contributed by atoms with Gasteiger partial charge in [-0.15, -0.1) is 0 Å². The van der Waals surface area contributed by atoms with Crippen molar-refractivity contribution in [2.45, 2.75) is 31.3 Å². The van der Waals surface area contributed by atoms with Crippen molar-refractivity contribution in [3.63, 3.8) is 0 Å². The molecule has 1 heterocycles. The summed E-state index contributed by atoms with van der Waals surface area (Å²) in [6.45, 7) is 1.58. The van der Waals surface area contributed by atoms with E-state index in [1.165, 1.54) is 19.4 Å². The highest BCUT2D eigenvalue weighted by atomic mass is 16.5. The third-order valence-electron chi connectivity index (χ3n) is 5.66. The number of amides is 2. The number of alkyl carbamates (subject to hydrolysis) is 1. The summed E-state index contributed by atoms with van der Waals surface area (Å²) in [5.41, 5.74) is 4.97. The van der Waals surface area contributed by atoms with Gasteiger partial charge in [0.25, 0.3) is 0 Å². The number of hydrogen-bond acceptors (Lipinski definition) is 5. The van der Waals surface area contributed by atoms with Gasteiger partial charge in [-0.2, -0.15) is 0 Å². The molecule has 9 nitrogen and oxygen atoms in total. The summed E-state index contributed by atoms with van der Waals surface area (Å²) in [6.07, 6.45) is 2.20. The zero-order chi connectivity index (χ0) is 23.4. The molecule has 1 aliphatic rings. The fourth-order valence-corrected chi connectivity index (χ4v) is 4.00. The van der Waals surface area contributed by atoms with Gasteiger partial charge in [-0.1, -0.05) is 48.5 Å². The number of nitrogens with one attached hydrogen (secondary N) is 3. The summed E-state index contributed by atoms with van der Waals surface area (Å²) in [7, 11) is 0. The van der Waals surface area contributed by atoms with E-state index < -0.39 is 30.1 Å². The minimum atomic E-state index is -1.19. The number of ether oxygens (including phenoxy) is 1. The van der Waals surface area contributed by atoms with Crippen molar-refractivity contribution in [3.05, 3.63) is 77.9 Å². The number of aliphatic carboxylic acids is 1. The quantitative estimate of drug-likeness (QED) is 0.418. The van der Waals surface area contributed by atoms with Crippen LogP contribution in [0.2, 0.25) is 0 Å². The van der Waals surface area contributed by atoms with Crippen molar-refractivity contribution < 1.29 is 24.2 Å². The highest BCUT2D eigenvalue weighted by molar-refractivity contribution is 5.89. The van der Waals surface area contributed by atoms with E-state index in [-0.39, 0.29) is 18.9 Å². The summed E-state index contributed by atoms with van der Waals surface area (Å²) in [4.78, 5) is 42.9. The van der Waals surface area contributed by atoms with Gasteiger partial charge in [-0.25, -0.2) is 14.6 Å². The SMILES string of the molecule is CC(NC(=O)OCC1c2ccccc2-c2ccccc21)C(=O)N[C@@H](Cc1cnc[nH]1)C(=O)O. The Bertz CT molecular complexity index is 1120. The second kappa shape index (κ2) is 9.56. The average molecular weight is 448 g/mol. The van der Waals surface area contributed by atoms with Crippen LogP contribution in [0.4, 0.5) is 4.79 Å². The molecule has 2 atom stereocenters. The highest BCUT2D eigenvalue weighted by Crippen LogP contribution is 2.44. The fourth-order valence-electron chi connectivity index (χ4n) is 4.00. The van der Waals surface area contributed by atoms with Crippen molar-refractivity contribution in [3.8, 4) is 11.1 Å². The van der Waals surface area contributed by atoms with Gasteiger partial charge in [-0.05, 0) is 29.2 Å². The first-order valence-corrected chi connectivity index (χ1v) is 10.6. The number of H-pyrrole nitrogens is 1. The first-order valence-electron chi connectivity index (χ1n) is 10.6. The van der Waals surface area contributed by atoms with Crippen LogP contribution in [0, 0.1) is 0 Å². The minimum absolute atomic E-state index is 0.0404. The second-order valence-electron chi connectivity index (χ2n) is 7.87. The van der Waals surface area contributed by atoms with Gasteiger partial charge in [0, 0.05) is 24.2 Å². The molecule has 4 N–H and O–H groups in total. The number of rotatable bonds is 8. The van der Waals surface area contributed by atoms with Crippen LogP contribution in [0.3, 0.4) is 0 Å². The van der Waals surface area contributed by atoms with Crippen LogP contribution in [0.25, 0.3) is 11.1 Å². The fraction of sp³-hybridized carbons (Fsp3) is 0.250. The van der Waals surface area contributed by atoms with E-state index >= 15 is 0 Å².